The Balaban J connectivity index is 0.000000312. The molecule has 0 bridgehead atoms. The van der Waals surface area contributed by atoms with Gasteiger partial charge in [0, 0.05) is 29.4 Å². The van der Waals surface area contributed by atoms with Crippen LogP contribution in [0.2, 0.25) is 5.02 Å². The topological polar surface area (TPSA) is 53.5 Å². The van der Waals surface area contributed by atoms with Crippen molar-refractivity contribution in [2.75, 3.05) is 24.7 Å². The summed E-state index contributed by atoms with van der Waals surface area (Å²) in [4.78, 5) is 16.7. The zero-order valence-corrected chi connectivity index (χ0v) is 22.7. The first-order valence-corrected chi connectivity index (χ1v) is 12.3. The highest BCUT2D eigenvalue weighted by Gasteiger charge is 2.41. The maximum atomic E-state index is 12.2. The van der Waals surface area contributed by atoms with Gasteiger partial charge in [-0.15, -0.1) is 24.8 Å². The van der Waals surface area contributed by atoms with Gasteiger partial charge in [0.1, 0.15) is 5.54 Å². The highest BCUT2D eigenvalue weighted by atomic mass is 35.5. The molecule has 0 amide bonds. The fraction of sp³-hybridized carbons (Fsp3) is 0.440. The van der Waals surface area contributed by atoms with Crippen LogP contribution in [0.3, 0.4) is 0 Å². The standard InChI is InChI=1S/C13H16ClNO.C12H16N2S.2ClH/c1-15-13(9-5-4-8-12(13)16)10-6-2-3-7-11(10)14;1-9-5-3-6-10(2)11(9)14-12-13-7-4-8-15-12;;/h2-3,6-7,15H,4-5,8-9H2,1H3;3,5-6H,4,7-8H2,1-2H3,(H,13,14);2*1H. The second kappa shape index (κ2) is 14.2. The van der Waals surface area contributed by atoms with Crippen LogP contribution in [0, 0.1) is 13.8 Å². The Bertz CT molecular complexity index is 934. The van der Waals surface area contributed by atoms with E-state index in [2.05, 4.69) is 47.7 Å². The molecule has 1 saturated carbocycles. The number of hydrogen-bond acceptors (Lipinski definition) is 5. The molecule has 4 rings (SSSR count). The normalized spacial score (nSPS) is 19.8. The average molecular weight is 531 g/mol. The van der Waals surface area contributed by atoms with E-state index >= 15 is 0 Å². The number of anilines is 1. The zero-order valence-electron chi connectivity index (χ0n) is 19.4. The van der Waals surface area contributed by atoms with Gasteiger partial charge in [-0.3, -0.25) is 9.79 Å². The van der Waals surface area contributed by atoms with E-state index in [4.69, 9.17) is 11.6 Å². The number of nitrogens with zero attached hydrogens (tertiary/aromatic N) is 1. The van der Waals surface area contributed by atoms with Crippen molar-refractivity contribution in [2.24, 2.45) is 4.99 Å². The molecule has 8 heteroatoms. The van der Waals surface area contributed by atoms with E-state index in [9.17, 15) is 4.79 Å². The molecule has 0 saturated heterocycles. The predicted octanol–water partition coefficient (Wildman–Crippen LogP) is 6.95. The van der Waals surface area contributed by atoms with Gasteiger partial charge in [0.05, 0.1) is 0 Å². The number of thioether (sulfide) groups is 1. The monoisotopic (exact) mass is 529 g/mol. The van der Waals surface area contributed by atoms with Crippen molar-refractivity contribution in [3.63, 3.8) is 0 Å². The maximum Gasteiger partial charge on any atom is 0.161 e. The highest BCUT2D eigenvalue weighted by molar-refractivity contribution is 8.14. The number of para-hydroxylation sites is 1. The van der Waals surface area contributed by atoms with Gasteiger partial charge in [-0.2, -0.15) is 0 Å². The van der Waals surface area contributed by atoms with Crippen LogP contribution in [-0.4, -0.2) is 30.3 Å². The number of Topliss-reactive ketones (excluding diaryl/α,β-unsaturated/α-hetero) is 1. The minimum atomic E-state index is -0.559. The number of halogens is 3. The molecule has 1 heterocycles. The number of benzene rings is 2. The summed E-state index contributed by atoms with van der Waals surface area (Å²) < 4.78 is 0. The van der Waals surface area contributed by atoms with Crippen molar-refractivity contribution in [3.8, 4) is 0 Å². The first-order valence-electron chi connectivity index (χ1n) is 11.0. The summed E-state index contributed by atoms with van der Waals surface area (Å²) in [6.07, 6.45) is 4.74. The van der Waals surface area contributed by atoms with Crippen molar-refractivity contribution in [1.29, 1.82) is 0 Å². The van der Waals surface area contributed by atoms with Crippen molar-refractivity contribution in [2.45, 2.75) is 51.5 Å². The Labute approximate surface area is 219 Å². The average Bonchev–Trinajstić information content (AvgIpc) is 2.79. The molecule has 1 fully saturated rings. The summed E-state index contributed by atoms with van der Waals surface area (Å²) in [5, 5.41) is 8.36. The van der Waals surface area contributed by atoms with Crippen LogP contribution >= 0.6 is 48.2 Å². The molecule has 33 heavy (non-hydrogen) atoms. The van der Waals surface area contributed by atoms with Gasteiger partial charge >= 0.3 is 0 Å². The van der Waals surface area contributed by atoms with Crippen molar-refractivity contribution < 1.29 is 4.79 Å². The molecule has 2 N–H and O–H groups in total. The summed E-state index contributed by atoms with van der Waals surface area (Å²) in [5.41, 5.74) is 4.14. The minimum Gasteiger partial charge on any atom is -0.335 e. The number of carbonyl (C=O) groups excluding carboxylic acids is 1. The Morgan fingerprint density at radius 3 is 2.27 bits per heavy atom. The fourth-order valence-corrected chi connectivity index (χ4v) is 5.29. The lowest BCUT2D eigenvalue weighted by molar-refractivity contribution is -0.127. The molecular formula is C25H34Cl3N3OS. The Morgan fingerprint density at radius 1 is 1.00 bits per heavy atom. The Kier molecular flexibility index (Phi) is 12.8. The molecule has 0 aromatic heterocycles. The predicted molar refractivity (Wildman–Crippen MR) is 149 cm³/mol. The van der Waals surface area contributed by atoms with Gasteiger partial charge in [0.15, 0.2) is 11.0 Å². The fourth-order valence-electron chi connectivity index (χ4n) is 4.17. The number of aryl methyl sites for hydroxylation is 2. The minimum absolute atomic E-state index is 0. The van der Waals surface area contributed by atoms with Gasteiger partial charge in [-0.1, -0.05) is 66.2 Å². The molecule has 182 valence electrons. The first-order chi connectivity index (χ1) is 15.0. The number of rotatable bonds is 3. The van der Waals surface area contributed by atoms with E-state index in [-0.39, 0.29) is 30.6 Å². The maximum absolute atomic E-state index is 12.2. The number of ketones is 1. The second-order valence-corrected chi connectivity index (χ2v) is 9.54. The van der Waals surface area contributed by atoms with E-state index in [1.165, 1.54) is 29.0 Å². The van der Waals surface area contributed by atoms with Crippen molar-refractivity contribution in [3.05, 3.63) is 64.2 Å². The molecule has 0 spiro atoms. The molecular weight excluding hydrogens is 497 g/mol. The number of aliphatic imine (C=N–C) groups is 1. The number of likely N-dealkylation sites (N-methyl/N-ethyl adjacent to an activating group) is 1. The molecule has 2 aromatic carbocycles. The zero-order chi connectivity index (χ0) is 22.3. The van der Waals surface area contributed by atoms with Crippen LogP contribution in [-0.2, 0) is 10.3 Å². The molecule has 2 aromatic rings. The lowest BCUT2D eigenvalue weighted by Crippen LogP contribution is -2.49. The Morgan fingerprint density at radius 2 is 1.70 bits per heavy atom. The van der Waals surface area contributed by atoms with E-state index in [1.807, 2.05) is 43.1 Å². The summed E-state index contributed by atoms with van der Waals surface area (Å²) in [7, 11) is 1.84. The van der Waals surface area contributed by atoms with Crippen LogP contribution in [0.4, 0.5) is 5.69 Å². The van der Waals surface area contributed by atoms with Gasteiger partial charge in [-0.05, 0) is 62.9 Å². The summed E-state index contributed by atoms with van der Waals surface area (Å²) in [6.45, 7) is 5.22. The van der Waals surface area contributed by atoms with Crippen LogP contribution < -0.4 is 10.6 Å². The summed E-state index contributed by atoms with van der Waals surface area (Å²) in [6, 6.07) is 14.0. The third-order valence-electron chi connectivity index (χ3n) is 5.95. The smallest absolute Gasteiger partial charge is 0.161 e. The van der Waals surface area contributed by atoms with Crippen LogP contribution in [0.15, 0.2) is 47.5 Å². The van der Waals surface area contributed by atoms with E-state index in [0.717, 1.165) is 36.5 Å². The van der Waals surface area contributed by atoms with Crippen molar-refractivity contribution >= 4 is 64.8 Å². The van der Waals surface area contributed by atoms with Crippen LogP contribution in [0.1, 0.15) is 48.8 Å². The van der Waals surface area contributed by atoms with E-state index < -0.39 is 5.54 Å². The van der Waals surface area contributed by atoms with Crippen LogP contribution in [0.5, 0.6) is 0 Å². The molecule has 0 radical (unpaired) electrons. The Hall–Kier alpha value is -1.24. The van der Waals surface area contributed by atoms with Gasteiger partial charge in [0.2, 0.25) is 0 Å². The number of carbonyl (C=O) groups is 1. The SMILES string of the molecule is CNC1(c2ccccc2Cl)CCCCC1=O.Cc1cccc(C)c1NC1=NCCCS1.Cl.Cl. The van der Waals surface area contributed by atoms with Crippen molar-refractivity contribution in [1.82, 2.24) is 5.32 Å². The second-order valence-electron chi connectivity index (χ2n) is 8.05. The molecule has 1 aliphatic carbocycles. The molecule has 1 unspecified atom stereocenters. The lowest BCUT2D eigenvalue weighted by Gasteiger charge is -2.36. The highest BCUT2D eigenvalue weighted by Crippen LogP contribution is 2.37. The summed E-state index contributed by atoms with van der Waals surface area (Å²) >= 11 is 8.01. The van der Waals surface area contributed by atoms with Gasteiger partial charge in [0.25, 0.3) is 0 Å². The molecule has 1 aliphatic heterocycles. The molecule has 2 aliphatic rings. The van der Waals surface area contributed by atoms with E-state index in [0.29, 0.717) is 11.4 Å². The first kappa shape index (κ1) is 29.8. The number of nitrogens with one attached hydrogen (secondary N) is 2. The van der Waals surface area contributed by atoms with E-state index in [1.54, 1.807) is 0 Å². The van der Waals surface area contributed by atoms with Gasteiger partial charge < -0.3 is 10.6 Å². The van der Waals surface area contributed by atoms with Crippen LogP contribution in [0.25, 0.3) is 0 Å². The number of amidine groups is 1. The third-order valence-corrected chi connectivity index (χ3v) is 7.28. The lowest BCUT2D eigenvalue weighted by atomic mass is 9.75. The number of hydrogen-bond donors (Lipinski definition) is 2. The molecule has 4 nitrogen and oxygen atoms in total. The summed E-state index contributed by atoms with van der Waals surface area (Å²) in [5.74, 6) is 1.44. The largest absolute Gasteiger partial charge is 0.335 e. The molecule has 1 atom stereocenters. The van der Waals surface area contributed by atoms with Gasteiger partial charge in [-0.25, -0.2) is 0 Å². The quantitative estimate of drug-likeness (QED) is 0.451. The third kappa shape index (κ3) is 7.37.